The summed E-state index contributed by atoms with van der Waals surface area (Å²) in [5.74, 6) is -0.569. The largest absolute Gasteiger partial charge is 0.467 e. The maximum Gasteiger partial charge on any atom is 0.328 e. The third-order valence-corrected chi connectivity index (χ3v) is 5.82. The summed E-state index contributed by atoms with van der Waals surface area (Å²) in [6.45, 7) is 1.50. The number of benzene rings is 1. The predicted molar refractivity (Wildman–Crippen MR) is 108 cm³/mol. The molecule has 1 amide bonds. The molecule has 0 spiro atoms. The normalized spacial score (nSPS) is 21.6. The first kappa shape index (κ1) is 21.5. The lowest BCUT2D eigenvalue weighted by Crippen LogP contribution is -2.45. The van der Waals surface area contributed by atoms with Crippen LogP contribution in [0, 0.1) is 5.92 Å². The van der Waals surface area contributed by atoms with Crippen molar-refractivity contribution in [2.24, 2.45) is 5.92 Å². The van der Waals surface area contributed by atoms with Gasteiger partial charge in [0, 0.05) is 12.7 Å². The van der Waals surface area contributed by atoms with Crippen LogP contribution in [0.25, 0.3) is 0 Å². The van der Waals surface area contributed by atoms with Crippen molar-refractivity contribution >= 4 is 28.8 Å². The number of nitrogens with one attached hydrogen (secondary N) is 1. The molecular formula is C21H29NO4S. The van der Waals surface area contributed by atoms with E-state index in [2.05, 4.69) is 17.4 Å². The fourth-order valence-corrected chi connectivity index (χ4v) is 4.06. The maximum absolute atomic E-state index is 12.9. The second kappa shape index (κ2) is 11.1. The van der Waals surface area contributed by atoms with Crippen LogP contribution in [0.5, 0.6) is 0 Å². The summed E-state index contributed by atoms with van der Waals surface area (Å²) < 4.78 is 4.86. The summed E-state index contributed by atoms with van der Waals surface area (Å²) >= 11 is 1.15. The van der Waals surface area contributed by atoms with Crippen LogP contribution in [-0.4, -0.2) is 35.9 Å². The van der Waals surface area contributed by atoms with E-state index in [9.17, 15) is 14.4 Å². The second-order valence-corrected chi connectivity index (χ2v) is 8.26. The molecule has 5 nitrogen and oxygen atoms in total. The highest BCUT2D eigenvalue weighted by Gasteiger charge is 2.26. The van der Waals surface area contributed by atoms with Gasteiger partial charge in [-0.05, 0) is 36.8 Å². The van der Waals surface area contributed by atoms with E-state index in [0.29, 0.717) is 18.6 Å². The van der Waals surface area contributed by atoms with Crippen molar-refractivity contribution in [1.29, 1.82) is 0 Å². The van der Waals surface area contributed by atoms with Crippen molar-refractivity contribution in [3.8, 4) is 0 Å². The molecule has 2 rings (SSSR count). The monoisotopic (exact) mass is 391 g/mol. The van der Waals surface area contributed by atoms with Crippen molar-refractivity contribution < 1.29 is 19.1 Å². The van der Waals surface area contributed by atoms with E-state index >= 15 is 0 Å². The molecule has 1 heterocycles. The van der Waals surface area contributed by atoms with E-state index < -0.39 is 12.0 Å². The molecule has 0 radical (unpaired) electrons. The summed E-state index contributed by atoms with van der Waals surface area (Å²) in [5, 5.41) is 2.85. The molecule has 0 aliphatic carbocycles. The van der Waals surface area contributed by atoms with Gasteiger partial charge in [0.15, 0.2) is 5.12 Å². The number of amides is 1. The van der Waals surface area contributed by atoms with Gasteiger partial charge in [-0.1, -0.05) is 55.3 Å². The Morgan fingerprint density at radius 1 is 1.19 bits per heavy atom. The molecule has 0 saturated carbocycles. The van der Waals surface area contributed by atoms with E-state index in [1.807, 2.05) is 12.1 Å². The molecule has 0 aromatic heterocycles. The first-order chi connectivity index (χ1) is 13.0. The average Bonchev–Trinajstić information content (AvgIpc) is 2.65. The van der Waals surface area contributed by atoms with Crippen LogP contribution in [0.2, 0.25) is 0 Å². The Morgan fingerprint density at radius 3 is 2.67 bits per heavy atom. The van der Waals surface area contributed by atoms with Crippen molar-refractivity contribution in [3.63, 3.8) is 0 Å². The van der Waals surface area contributed by atoms with Crippen molar-refractivity contribution in [2.45, 2.75) is 57.9 Å². The van der Waals surface area contributed by atoms with Gasteiger partial charge in [0.05, 0.1) is 13.0 Å². The van der Waals surface area contributed by atoms with Gasteiger partial charge >= 0.3 is 5.97 Å². The lowest BCUT2D eigenvalue weighted by molar-refractivity contribution is -0.145. The second-order valence-electron chi connectivity index (χ2n) is 7.06. The molecule has 148 valence electrons. The number of aryl methyl sites for hydroxylation is 1. The summed E-state index contributed by atoms with van der Waals surface area (Å²) in [6.07, 6.45) is 6.25. The molecule has 0 fully saturated rings. The van der Waals surface area contributed by atoms with E-state index in [-0.39, 0.29) is 16.9 Å². The van der Waals surface area contributed by atoms with Gasteiger partial charge in [-0.2, -0.15) is 0 Å². The van der Waals surface area contributed by atoms with Gasteiger partial charge in [0.1, 0.15) is 6.04 Å². The highest BCUT2D eigenvalue weighted by atomic mass is 32.2. The van der Waals surface area contributed by atoms with Gasteiger partial charge in [0.25, 0.3) is 0 Å². The fourth-order valence-electron chi connectivity index (χ4n) is 3.35. The van der Waals surface area contributed by atoms with Crippen molar-refractivity contribution in [1.82, 2.24) is 5.32 Å². The Kier molecular flexibility index (Phi) is 8.85. The molecular weight excluding hydrogens is 362 g/mol. The number of thioether (sulfide) groups is 1. The third kappa shape index (κ3) is 7.37. The zero-order valence-corrected chi connectivity index (χ0v) is 17.0. The molecule has 1 aromatic carbocycles. The molecule has 0 saturated heterocycles. The van der Waals surface area contributed by atoms with Crippen LogP contribution in [0.3, 0.4) is 0 Å². The van der Waals surface area contributed by atoms with E-state index in [4.69, 9.17) is 4.74 Å². The van der Waals surface area contributed by atoms with E-state index in [1.54, 1.807) is 0 Å². The molecule has 0 unspecified atom stereocenters. The van der Waals surface area contributed by atoms with E-state index in [1.165, 1.54) is 19.6 Å². The van der Waals surface area contributed by atoms with Crippen molar-refractivity contribution in [2.75, 3.05) is 12.9 Å². The number of esters is 1. The fraction of sp³-hybridized carbons (Fsp3) is 0.571. The quantitative estimate of drug-likeness (QED) is 0.801. The minimum atomic E-state index is -0.624. The van der Waals surface area contributed by atoms with E-state index in [0.717, 1.165) is 49.4 Å². The summed E-state index contributed by atoms with van der Waals surface area (Å²) in [4.78, 5) is 36.4. The lowest BCUT2D eigenvalue weighted by atomic mass is 9.95. The molecule has 1 aromatic rings. The summed E-state index contributed by atoms with van der Waals surface area (Å²) in [5.41, 5.74) is 2.37. The zero-order chi connectivity index (χ0) is 19.6. The van der Waals surface area contributed by atoms with Crippen LogP contribution in [0.4, 0.5) is 0 Å². The van der Waals surface area contributed by atoms with Crippen molar-refractivity contribution in [3.05, 3.63) is 35.4 Å². The molecule has 27 heavy (non-hydrogen) atoms. The number of fused-ring (bicyclic) bond motifs is 2. The number of hydrogen-bond donors (Lipinski definition) is 1. The molecule has 2 atom stereocenters. The Bertz CT molecular complexity index is 661. The minimum Gasteiger partial charge on any atom is -0.467 e. The Hall–Kier alpha value is -1.82. The highest BCUT2D eigenvalue weighted by molar-refractivity contribution is 8.13. The average molecular weight is 392 g/mol. The third-order valence-electron chi connectivity index (χ3n) is 4.84. The van der Waals surface area contributed by atoms with Gasteiger partial charge in [0.2, 0.25) is 5.91 Å². The Morgan fingerprint density at radius 2 is 1.93 bits per heavy atom. The number of methoxy groups -OCH3 is 1. The molecule has 1 aliphatic rings. The van der Waals surface area contributed by atoms with Gasteiger partial charge in [-0.15, -0.1) is 0 Å². The SMILES string of the molecule is COC(=O)[C@@H]1CCCCCCc2cccc(c2)C[C@H](CSC(C)=O)C(=O)N1. The van der Waals surface area contributed by atoms with Crippen LogP contribution in [-0.2, 0) is 32.0 Å². The van der Waals surface area contributed by atoms with Gasteiger partial charge in [-0.25, -0.2) is 4.79 Å². The smallest absolute Gasteiger partial charge is 0.328 e. The first-order valence-corrected chi connectivity index (χ1v) is 10.6. The lowest BCUT2D eigenvalue weighted by Gasteiger charge is -2.22. The molecule has 6 heteroatoms. The number of hydrogen-bond acceptors (Lipinski definition) is 5. The number of rotatable bonds is 3. The Labute approximate surface area is 165 Å². The van der Waals surface area contributed by atoms with Crippen LogP contribution < -0.4 is 5.32 Å². The van der Waals surface area contributed by atoms with Crippen LogP contribution in [0.1, 0.15) is 50.2 Å². The van der Waals surface area contributed by atoms with Gasteiger partial charge in [-0.3, -0.25) is 9.59 Å². The molecule has 2 bridgehead atoms. The molecule has 1 N–H and O–H groups in total. The standard InChI is InChI=1S/C21H29NO4S/c1-15(23)27-14-18-13-17-10-7-9-16(12-17)8-5-3-4-6-11-19(21(25)26-2)22-20(18)24/h7,9-10,12,18-19H,3-6,8,11,13-14H2,1-2H3,(H,22,24)/t18-,19+/m1/s1. The minimum absolute atomic E-state index is 0.0135. The highest BCUT2D eigenvalue weighted by Crippen LogP contribution is 2.19. The molecule has 1 aliphatic heterocycles. The maximum atomic E-state index is 12.9. The predicted octanol–water partition coefficient (Wildman–Crippen LogP) is 3.29. The number of carbonyl (C=O) groups is 3. The zero-order valence-electron chi connectivity index (χ0n) is 16.2. The van der Waals surface area contributed by atoms with Crippen LogP contribution >= 0.6 is 11.8 Å². The van der Waals surface area contributed by atoms with Gasteiger partial charge < -0.3 is 10.1 Å². The Balaban J connectivity index is 2.22. The first-order valence-electron chi connectivity index (χ1n) is 9.59. The number of ether oxygens (including phenoxy) is 1. The van der Waals surface area contributed by atoms with Crippen LogP contribution in [0.15, 0.2) is 24.3 Å². The number of carbonyl (C=O) groups excluding carboxylic acids is 3. The topological polar surface area (TPSA) is 72.5 Å². The summed E-state index contributed by atoms with van der Waals surface area (Å²) in [7, 11) is 1.34. The summed E-state index contributed by atoms with van der Waals surface area (Å²) in [6, 6.07) is 7.71.